The van der Waals surface area contributed by atoms with Gasteiger partial charge in [-0.3, -0.25) is 13.9 Å². The van der Waals surface area contributed by atoms with Crippen molar-refractivity contribution in [1.29, 1.82) is 0 Å². The van der Waals surface area contributed by atoms with Crippen molar-refractivity contribution in [3.63, 3.8) is 0 Å². The number of aromatic nitrogens is 3. The molecule has 0 aliphatic rings. The second kappa shape index (κ2) is 8.19. The fourth-order valence-corrected chi connectivity index (χ4v) is 4.20. The van der Waals surface area contributed by atoms with Crippen LogP contribution in [0.15, 0.2) is 71.8 Å². The summed E-state index contributed by atoms with van der Waals surface area (Å²) >= 11 is 0. The third-order valence-corrected chi connectivity index (χ3v) is 6.24. The first-order valence-corrected chi connectivity index (χ1v) is 11.1. The van der Waals surface area contributed by atoms with Crippen LogP contribution in [0.5, 0.6) is 0 Å². The van der Waals surface area contributed by atoms with Crippen molar-refractivity contribution in [1.82, 2.24) is 19.9 Å². The zero-order valence-corrected chi connectivity index (χ0v) is 17.8. The first-order chi connectivity index (χ1) is 14.8. The summed E-state index contributed by atoms with van der Waals surface area (Å²) in [5.74, 6) is 0.184. The number of aryl methyl sites for hydroxylation is 2. The van der Waals surface area contributed by atoms with E-state index in [-0.39, 0.29) is 17.0 Å². The normalized spacial score (nSPS) is 11.4. The highest BCUT2D eigenvalue weighted by Crippen LogP contribution is 2.20. The number of anilines is 1. The summed E-state index contributed by atoms with van der Waals surface area (Å²) in [6, 6.07) is 17.0. The number of hydrogen-bond acceptors (Lipinski definition) is 5. The van der Waals surface area contributed by atoms with Crippen molar-refractivity contribution in [3.8, 4) is 0 Å². The maximum Gasteiger partial charge on any atom is 0.261 e. The predicted molar refractivity (Wildman–Crippen MR) is 117 cm³/mol. The van der Waals surface area contributed by atoms with Crippen molar-refractivity contribution in [2.45, 2.75) is 25.3 Å². The third kappa shape index (κ3) is 4.41. The molecular formula is C22H21N5O3S. The molecule has 1 amide bonds. The standard InChI is InChI=1S/C22H21N5O3S/c1-15-6-9-17(10-7-15)26-31(29,30)18-11-8-16(2)19(13-18)22(28)23-14-21-25-24-20-5-3-4-12-27(20)21/h3-13,26H,14H2,1-2H3,(H,23,28). The van der Waals surface area contributed by atoms with Gasteiger partial charge in [-0.05, 0) is 55.8 Å². The molecule has 0 aliphatic carbocycles. The SMILES string of the molecule is Cc1ccc(NS(=O)(=O)c2ccc(C)c(C(=O)NCc3nnc4ccccn34)c2)cc1. The van der Waals surface area contributed by atoms with Crippen LogP contribution in [0.4, 0.5) is 5.69 Å². The first-order valence-electron chi connectivity index (χ1n) is 9.60. The Morgan fingerprint density at radius 3 is 2.55 bits per heavy atom. The lowest BCUT2D eigenvalue weighted by Gasteiger charge is -2.12. The molecule has 8 nitrogen and oxygen atoms in total. The van der Waals surface area contributed by atoms with Gasteiger partial charge in [0.05, 0.1) is 11.4 Å². The quantitative estimate of drug-likeness (QED) is 0.484. The Kier molecular flexibility index (Phi) is 5.43. The Hall–Kier alpha value is -3.72. The summed E-state index contributed by atoms with van der Waals surface area (Å²) in [5, 5.41) is 10.9. The van der Waals surface area contributed by atoms with Gasteiger partial charge in [0.2, 0.25) is 0 Å². The van der Waals surface area contributed by atoms with Gasteiger partial charge in [0.1, 0.15) is 0 Å². The predicted octanol–water partition coefficient (Wildman–Crippen LogP) is 3.08. The number of pyridine rings is 1. The lowest BCUT2D eigenvalue weighted by Crippen LogP contribution is -2.25. The first kappa shape index (κ1) is 20.5. The van der Waals surface area contributed by atoms with Gasteiger partial charge in [-0.1, -0.05) is 29.8 Å². The molecule has 0 unspecified atom stereocenters. The zero-order chi connectivity index (χ0) is 22.0. The van der Waals surface area contributed by atoms with E-state index in [1.54, 1.807) is 29.5 Å². The van der Waals surface area contributed by atoms with Crippen molar-refractivity contribution in [2.24, 2.45) is 0 Å². The van der Waals surface area contributed by atoms with Crippen LogP contribution in [0.1, 0.15) is 27.3 Å². The molecule has 0 saturated carbocycles. The molecule has 31 heavy (non-hydrogen) atoms. The second-order valence-electron chi connectivity index (χ2n) is 7.18. The largest absolute Gasteiger partial charge is 0.345 e. The Bertz CT molecular complexity index is 1360. The summed E-state index contributed by atoms with van der Waals surface area (Å²) in [5.41, 5.74) is 3.10. The highest BCUT2D eigenvalue weighted by atomic mass is 32.2. The molecule has 0 saturated heterocycles. The molecule has 0 radical (unpaired) electrons. The van der Waals surface area contributed by atoms with Crippen LogP contribution < -0.4 is 10.0 Å². The summed E-state index contributed by atoms with van der Waals surface area (Å²) < 4.78 is 29.9. The van der Waals surface area contributed by atoms with Gasteiger partial charge in [-0.2, -0.15) is 0 Å². The molecule has 2 aromatic heterocycles. The van der Waals surface area contributed by atoms with Crippen molar-refractivity contribution in [2.75, 3.05) is 4.72 Å². The smallest absolute Gasteiger partial charge is 0.261 e. The fourth-order valence-electron chi connectivity index (χ4n) is 3.11. The number of benzene rings is 2. The number of nitrogens with one attached hydrogen (secondary N) is 2. The van der Waals surface area contributed by atoms with Crippen LogP contribution in [-0.2, 0) is 16.6 Å². The van der Waals surface area contributed by atoms with E-state index in [0.29, 0.717) is 22.7 Å². The lowest BCUT2D eigenvalue weighted by molar-refractivity contribution is 0.0949. The van der Waals surface area contributed by atoms with Crippen molar-refractivity contribution >= 4 is 27.3 Å². The molecule has 9 heteroatoms. The molecule has 4 rings (SSSR count). The van der Waals surface area contributed by atoms with Crippen molar-refractivity contribution < 1.29 is 13.2 Å². The molecule has 0 fully saturated rings. The van der Waals surface area contributed by atoms with E-state index in [1.165, 1.54) is 12.1 Å². The third-order valence-electron chi connectivity index (χ3n) is 4.86. The summed E-state index contributed by atoms with van der Waals surface area (Å²) in [6.07, 6.45) is 1.81. The summed E-state index contributed by atoms with van der Waals surface area (Å²) in [7, 11) is -3.84. The average molecular weight is 436 g/mol. The molecule has 2 N–H and O–H groups in total. The molecule has 0 bridgehead atoms. The number of nitrogens with zero attached hydrogens (tertiary/aromatic N) is 3. The van der Waals surface area contributed by atoms with Crippen LogP contribution in [0.25, 0.3) is 5.65 Å². The van der Waals surface area contributed by atoms with Gasteiger partial charge in [0, 0.05) is 17.4 Å². The van der Waals surface area contributed by atoms with E-state index in [2.05, 4.69) is 20.2 Å². The molecule has 4 aromatic rings. The average Bonchev–Trinajstić information content (AvgIpc) is 3.17. The Morgan fingerprint density at radius 2 is 1.77 bits per heavy atom. The van der Waals surface area contributed by atoms with E-state index in [4.69, 9.17) is 0 Å². The number of hydrogen-bond donors (Lipinski definition) is 2. The van der Waals surface area contributed by atoms with Crippen LogP contribution in [0.3, 0.4) is 0 Å². The molecular weight excluding hydrogens is 414 g/mol. The van der Waals surface area contributed by atoms with E-state index < -0.39 is 15.9 Å². The van der Waals surface area contributed by atoms with E-state index >= 15 is 0 Å². The number of carbonyl (C=O) groups is 1. The number of rotatable bonds is 6. The Morgan fingerprint density at radius 1 is 1.00 bits per heavy atom. The van der Waals surface area contributed by atoms with Crippen LogP contribution in [0, 0.1) is 13.8 Å². The Labute approximate surface area is 180 Å². The lowest BCUT2D eigenvalue weighted by atomic mass is 10.1. The number of carbonyl (C=O) groups excluding carboxylic acids is 1. The van der Waals surface area contributed by atoms with E-state index in [0.717, 1.165) is 5.56 Å². The van der Waals surface area contributed by atoms with Crippen LogP contribution >= 0.6 is 0 Å². The van der Waals surface area contributed by atoms with Gasteiger partial charge in [0.15, 0.2) is 11.5 Å². The molecule has 2 aromatic carbocycles. The van der Waals surface area contributed by atoms with E-state index in [9.17, 15) is 13.2 Å². The van der Waals surface area contributed by atoms with Gasteiger partial charge in [0.25, 0.3) is 15.9 Å². The van der Waals surface area contributed by atoms with Gasteiger partial charge >= 0.3 is 0 Å². The minimum Gasteiger partial charge on any atom is -0.345 e. The molecule has 158 valence electrons. The topological polar surface area (TPSA) is 105 Å². The highest BCUT2D eigenvalue weighted by molar-refractivity contribution is 7.92. The molecule has 0 aliphatic heterocycles. The summed E-state index contributed by atoms with van der Waals surface area (Å²) in [6.45, 7) is 3.83. The van der Waals surface area contributed by atoms with E-state index in [1.807, 2.05) is 43.5 Å². The van der Waals surface area contributed by atoms with Crippen LogP contribution in [-0.4, -0.2) is 28.9 Å². The Balaban J connectivity index is 1.54. The fraction of sp³-hybridized carbons (Fsp3) is 0.136. The summed E-state index contributed by atoms with van der Waals surface area (Å²) in [4.78, 5) is 12.8. The molecule has 0 spiro atoms. The maximum atomic E-state index is 12.8. The number of fused-ring (bicyclic) bond motifs is 1. The molecule has 0 atom stereocenters. The number of sulfonamides is 1. The van der Waals surface area contributed by atoms with Gasteiger partial charge in [-0.25, -0.2) is 8.42 Å². The minimum atomic E-state index is -3.84. The number of amides is 1. The van der Waals surface area contributed by atoms with Gasteiger partial charge in [-0.15, -0.1) is 10.2 Å². The maximum absolute atomic E-state index is 12.8. The van der Waals surface area contributed by atoms with Crippen LogP contribution in [0.2, 0.25) is 0 Å². The van der Waals surface area contributed by atoms with Gasteiger partial charge < -0.3 is 5.32 Å². The van der Waals surface area contributed by atoms with Crippen molar-refractivity contribution in [3.05, 3.63) is 89.4 Å². The minimum absolute atomic E-state index is 0.0109. The zero-order valence-electron chi connectivity index (χ0n) is 17.0. The monoisotopic (exact) mass is 435 g/mol. The second-order valence-corrected chi connectivity index (χ2v) is 8.86. The molecule has 2 heterocycles. The highest BCUT2D eigenvalue weighted by Gasteiger charge is 2.19.